The number of carbonyl (C=O) groups is 1. The van der Waals surface area contributed by atoms with Gasteiger partial charge in [-0.3, -0.25) is 4.79 Å². The maximum Gasteiger partial charge on any atom is 0.256 e. The van der Waals surface area contributed by atoms with Gasteiger partial charge in [-0.05, 0) is 35.9 Å². The van der Waals surface area contributed by atoms with E-state index in [1.807, 2.05) is 12.1 Å². The number of halogens is 2. The van der Waals surface area contributed by atoms with Crippen LogP contribution in [0, 0.1) is 5.82 Å². The van der Waals surface area contributed by atoms with Crippen molar-refractivity contribution in [2.75, 3.05) is 12.8 Å². The Kier molecular flexibility index (Phi) is 4.25. The van der Waals surface area contributed by atoms with Gasteiger partial charge in [-0.1, -0.05) is 23.7 Å². The van der Waals surface area contributed by atoms with Crippen LogP contribution in [-0.2, 0) is 6.54 Å². The van der Waals surface area contributed by atoms with Crippen LogP contribution in [0.2, 0.25) is 5.02 Å². The summed E-state index contributed by atoms with van der Waals surface area (Å²) >= 11 is 5.81. The average molecular weight is 293 g/mol. The van der Waals surface area contributed by atoms with Crippen molar-refractivity contribution in [3.8, 4) is 0 Å². The van der Waals surface area contributed by atoms with Crippen molar-refractivity contribution in [3.05, 3.63) is 64.4 Å². The molecule has 0 heterocycles. The van der Waals surface area contributed by atoms with Crippen LogP contribution in [0.25, 0.3) is 0 Å². The maximum atomic E-state index is 13.2. The second kappa shape index (κ2) is 5.92. The number of hydrogen-bond acceptors (Lipinski definition) is 2. The van der Waals surface area contributed by atoms with Gasteiger partial charge in [-0.2, -0.15) is 0 Å². The Bertz CT molecular complexity index is 628. The quantitative estimate of drug-likeness (QED) is 0.882. The summed E-state index contributed by atoms with van der Waals surface area (Å²) in [6, 6.07) is 10.9. The van der Waals surface area contributed by atoms with Crippen molar-refractivity contribution in [3.63, 3.8) is 0 Å². The third kappa shape index (κ3) is 3.27. The number of nitrogens with zero attached hydrogens (tertiary/aromatic N) is 1. The molecule has 2 aromatic carbocycles. The van der Waals surface area contributed by atoms with Gasteiger partial charge in [0.25, 0.3) is 5.91 Å². The minimum atomic E-state index is -0.484. The molecule has 2 aromatic rings. The first-order chi connectivity index (χ1) is 9.47. The van der Waals surface area contributed by atoms with E-state index in [0.717, 1.165) is 11.6 Å². The molecule has 0 aliphatic carbocycles. The van der Waals surface area contributed by atoms with Gasteiger partial charge < -0.3 is 10.6 Å². The SMILES string of the molecule is CN(Cc1ccc(Cl)cc1)C(=O)c1cc(F)ccc1N. The first-order valence-corrected chi connectivity index (χ1v) is 6.40. The highest BCUT2D eigenvalue weighted by Gasteiger charge is 2.15. The Hall–Kier alpha value is -2.07. The summed E-state index contributed by atoms with van der Waals surface area (Å²) in [5.74, 6) is -0.806. The van der Waals surface area contributed by atoms with E-state index in [2.05, 4.69) is 0 Å². The minimum Gasteiger partial charge on any atom is -0.398 e. The topological polar surface area (TPSA) is 46.3 Å². The molecule has 0 aromatic heterocycles. The summed E-state index contributed by atoms with van der Waals surface area (Å²) in [6.45, 7) is 0.395. The molecule has 0 unspecified atom stereocenters. The first-order valence-electron chi connectivity index (χ1n) is 6.02. The number of nitrogen functional groups attached to an aromatic ring is 1. The molecule has 0 saturated carbocycles. The molecule has 1 amide bonds. The van der Waals surface area contributed by atoms with Gasteiger partial charge in [0.2, 0.25) is 0 Å². The highest BCUT2D eigenvalue weighted by Crippen LogP contribution is 2.17. The van der Waals surface area contributed by atoms with E-state index in [4.69, 9.17) is 17.3 Å². The number of carbonyl (C=O) groups excluding carboxylic acids is 1. The van der Waals surface area contributed by atoms with Crippen molar-refractivity contribution < 1.29 is 9.18 Å². The first kappa shape index (κ1) is 14.3. The summed E-state index contributed by atoms with van der Waals surface area (Å²) < 4.78 is 13.2. The predicted molar refractivity (Wildman–Crippen MR) is 78.1 cm³/mol. The normalized spacial score (nSPS) is 10.3. The molecule has 0 radical (unpaired) electrons. The fraction of sp³-hybridized carbons (Fsp3) is 0.133. The lowest BCUT2D eigenvalue weighted by Crippen LogP contribution is -2.27. The molecule has 3 nitrogen and oxygen atoms in total. The number of nitrogens with two attached hydrogens (primary N) is 1. The monoisotopic (exact) mass is 292 g/mol. The van der Waals surface area contributed by atoms with E-state index in [0.29, 0.717) is 11.6 Å². The zero-order valence-electron chi connectivity index (χ0n) is 10.9. The van der Waals surface area contributed by atoms with E-state index in [1.54, 1.807) is 19.2 Å². The number of hydrogen-bond donors (Lipinski definition) is 1. The Balaban J connectivity index is 2.16. The molecule has 104 valence electrons. The predicted octanol–water partition coefficient (Wildman–Crippen LogP) is 3.33. The zero-order chi connectivity index (χ0) is 14.7. The number of amides is 1. The second-order valence-electron chi connectivity index (χ2n) is 4.52. The van der Waals surface area contributed by atoms with Crippen molar-refractivity contribution in [2.45, 2.75) is 6.54 Å². The molecule has 0 spiro atoms. The fourth-order valence-corrected chi connectivity index (χ4v) is 1.98. The van der Waals surface area contributed by atoms with Crippen molar-refractivity contribution >= 4 is 23.2 Å². The second-order valence-corrected chi connectivity index (χ2v) is 4.96. The van der Waals surface area contributed by atoms with E-state index in [-0.39, 0.29) is 17.2 Å². The molecule has 0 bridgehead atoms. The summed E-state index contributed by atoms with van der Waals surface area (Å²) in [7, 11) is 1.64. The number of anilines is 1. The third-order valence-electron chi connectivity index (χ3n) is 2.93. The van der Waals surface area contributed by atoms with Crippen LogP contribution < -0.4 is 5.73 Å². The Labute approximate surface area is 121 Å². The van der Waals surface area contributed by atoms with Gasteiger partial charge >= 0.3 is 0 Å². The van der Waals surface area contributed by atoms with E-state index in [1.165, 1.54) is 17.0 Å². The van der Waals surface area contributed by atoms with Crippen LogP contribution in [0.4, 0.5) is 10.1 Å². The molecular formula is C15H14ClFN2O. The van der Waals surface area contributed by atoms with Crippen LogP contribution in [-0.4, -0.2) is 17.9 Å². The summed E-state index contributed by atoms with van der Waals surface area (Å²) in [5, 5.41) is 0.636. The molecule has 2 N–H and O–H groups in total. The smallest absolute Gasteiger partial charge is 0.256 e. The van der Waals surface area contributed by atoms with Gasteiger partial charge in [-0.25, -0.2) is 4.39 Å². The molecule has 2 rings (SSSR count). The van der Waals surface area contributed by atoms with Crippen LogP contribution in [0.1, 0.15) is 15.9 Å². The highest BCUT2D eigenvalue weighted by atomic mass is 35.5. The Morgan fingerprint density at radius 1 is 1.25 bits per heavy atom. The lowest BCUT2D eigenvalue weighted by atomic mass is 10.1. The van der Waals surface area contributed by atoms with E-state index in [9.17, 15) is 9.18 Å². The largest absolute Gasteiger partial charge is 0.398 e. The fourth-order valence-electron chi connectivity index (χ4n) is 1.85. The standard InChI is InChI=1S/C15H14ClFN2O/c1-19(9-10-2-4-11(16)5-3-10)15(20)13-8-12(17)6-7-14(13)18/h2-8H,9,18H2,1H3. The van der Waals surface area contributed by atoms with Crippen LogP contribution in [0.3, 0.4) is 0 Å². The zero-order valence-corrected chi connectivity index (χ0v) is 11.7. The van der Waals surface area contributed by atoms with Crippen molar-refractivity contribution in [1.29, 1.82) is 0 Å². The van der Waals surface area contributed by atoms with Gasteiger partial charge in [0.15, 0.2) is 0 Å². The maximum absolute atomic E-state index is 13.2. The summed E-state index contributed by atoms with van der Waals surface area (Å²) in [6.07, 6.45) is 0. The van der Waals surface area contributed by atoms with E-state index < -0.39 is 5.82 Å². The highest BCUT2D eigenvalue weighted by molar-refractivity contribution is 6.30. The van der Waals surface area contributed by atoms with Gasteiger partial charge in [-0.15, -0.1) is 0 Å². The average Bonchev–Trinajstić information content (AvgIpc) is 2.43. The molecule has 0 saturated heterocycles. The molecule has 0 atom stereocenters. The van der Waals surface area contributed by atoms with Crippen molar-refractivity contribution in [2.24, 2.45) is 0 Å². The lowest BCUT2D eigenvalue weighted by Gasteiger charge is -2.18. The van der Waals surface area contributed by atoms with Gasteiger partial charge in [0.05, 0.1) is 5.56 Å². The van der Waals surface area contributed by atoms with Gasteiger partial charge in [0, 0.05) is 24.3 Å². The molecule has 0 fully saturated rings. The molecule has 0 aliphatic heterocycles. The number of benzene rings is 2. The van der Waals surface area contributed by atoms with Crippen molar-refractivity contribution in [1.82, 2.24) is 4.90 Å². The number of rotatable bonds is 3. The third-order valence-corrected chi connectivity index (χ3v) is 3.18. The molecule has 0 aliphatic rings. The Morgan fingerprint density at radius 3 is 2.55 bits per heavy atom. The van der Waals surface area contributed by atoms with Crippen LogP contribution in [0.15, 0.2) is 42.5 Å². The lowest BCUT2D eigenvalue weighted by molar-refractivity contribution is 0.0785. The van der Waals surface area contributed by atoms with E-state index >= 15 is 0 Å². The van der Waals surface area contributed by atoms with Crippen LogP contribution >= 0.6 is 11.6 Å². The molecular weight excluding hydrogens is 279 g/mol. The van der Waals surface area contributed by atoms with Gasteiger partial charge in [0.1, 0.15) is 5.82 Å². The summed E-state index contributed by atoms with van der Waals surface area (Å²) in [5.41, 5.74) is 7.07. The minimum absolute atomic E-state index is 0.168. The molecule has 20 heavy (non-hydrogen) atoms. The molecule has 5 heteroatoms. The summed E-state index contributed by atoms with van der Waals surface area (Å²) in [4.78, 5) is 13.7. The Morgan fingerprint density at radius 2 is 1.90 bits per heavy atom. The van der Waals surface area contributed by atoms with Crippen LogP contribution in [0.5, 0.6) is 0 Å².